The number of aliphatic hydroxyl groups excluding tert-OH is 2. The van der Waals surface area contributed by atoms with Gasteiger partial charge >= 0.3 is 6.18 Å². The molecule has 7 heteroatoms. The Hall–Kier alpha value is -2.12. The van der Waals surface area contributed by atoms with Crippen LogP contribution in [0.15, 0.2) is 48.6 Å². The Labute approximate surface area is 189 Å². The normalized spacial score (nSPS) is 14.2. The maximum absolute atomic E-state index is 12.7. The summed E-state index contributed by atoms with van der Waals surface area (Å²) in [7, 11) is 0. The SMILES string of the molecule is CCN(CC)C(=O)CCC(O)/C=C/CC/C=C/C(O)CCCc1cccc(C(F)(F)F)c1. The van der Waals surface area contributed by atoms with E-state index in [1.165, 1.54) is 6.07 Å². The van der Waals surface area contributed by atoms with Gasteiger partial charge in [-0.15, -0.1) is 0 Å². The van der Waals surface area contributed by atoms with Gasteiger partial charge in [0, 0.05) is 19.5 Å². The summed E-state index contributed by atoms with van der Waals surface area (Å²) in [5, 5.41) is 19.9. The zero-order valence-corrected chi connectivity index (χ0v) is 19.0. The number of carbonyl (C=O) groups excluding carboxylic acids is 1. The van der Waals surface area contributed by atoms with Gasteiger partial charge in [0.05, 0.1) is 17.8 Å². The fraction of sp³-hybridized carbons (Fsp3) is 0.560. The van der Waals surface area contributed by atoms with Gasteiger partial charge in [-0.2, -0.15) is 13.2 Å². The molecule has 2 atom stereocenters. The van der Waals surface area contributed by atoms with Crippen molar-refractivity contribution < 1.29 is 28.2 Å². The number of halogens is 3. The minimum absolute atomic E-state index is 0.0485. The summed E-state index contributed by atoms with van der Waals surface area (Å²) in [5.74, 6) is 0.0485. The van der Waals surface area contributed by atoms with E-state index >= 15 is 0 Å². The van der Waals surface area contributed by atoms with E-state index in [-0.39, 0.29) is 5.91 Å². The molecule has 180 valence electrons. The van der Waals surface area contributed by atoms with E-state index in [2.05, 4.69) is 0 Å². The topological polar surface area (TPSA) is 60.8 Å². The fourth-order valence-electron chi connectivity index (χ4n) is 3.32. The third-order valence-corrected chi connectivity index (χ3v) is 5.21. The Bertz CT molecular complexity index is 727. The highest BCUT2D eigenvalue weighted by Gasteiger charge is 2.30. The Morgan fingerprint density at radius 2 is 1.62 bits per heavy atom. The molecule has 0 radical (unpaired) electrons. The van der Waals surface area contributed by atoms with Crippen molar-refractivity contribution in [1.82, 2.24) is 4.90 Å². The average Bonchev–Trinajstić information content (AvgIpc) is 2.75. The monoisotopic (exact) mass is 455 g/mol. The lowest BCUT2D eigenvalue weighted by molar-refractivity contribution is -0.137. The third-order valence-electron chi connectivity index (χ3n) is 5.21. The molecular formula is C25H36F3NO3. The van der Waals surface area contributed by atoms with Gasteiger partial charge in [0.1, 0.15) is 0 Å². The van der Waals surface area contributed by atoms with Gasteiger partial charge in [0.25, 0.3) is 0 Å². The van der Waals surface area contributed by atoms with Crippen LogP contribution in [0.25, 0.3) is 0 Å². The van der Waals surface area contributed by atoms with Gasteiger partial charge in [-0.1, -0.05) is 42.5 Å². The van der Waals surface area contributed by atoms with Crippen LogP contribution in [0, 0.1) is 0 Å². The molecule has 2 N–H and O–H groups in total. The highest BCUT2D eigenvalue weighted by atomic mass is 19.4. The van der Waals surface area contributed by atoms with Crippen LogP contribution in [0.2, 0.25) is 0 Å². The molecule has 0 aliphatic rings. The van der Waals surface area contributed by atoms with Crippen molar-refractivity contribution >= 4 is 5.91 Å². The molecule has 0 aliphatic carbocycles. The van der Waals surface area contributed by atoms with Crippen molar-refractivity contribution in [3.63, 3.8) is 0 Å². The van der Waals surface area contributed by atoms with E-state index in [9.17, 15) is 28.2 Å². The van der Waals surface area contributed by atoms with Crippen LogP contribution < -0.4 is 0 Å². The molecule has 0 aliphatic heterocycles. The summed E-state index contributed by atoms with van der Waals surface area (Å²) in [5.41, 5.74) is -0.0393. The number of benzene rings is 1. The molecule has 1 aromatic rings. The van der Waals surface area contributed by atoms with E-state index in [1.54, 1.807) is 23.1 Å². The first-order valence-electron chi connectivity index (χ1n) is 11.3. The second kappa shape index (κ2) is 14.9. The van der Waals surface area contributed by atoms with Crippen molar-refractivity contribution in [2.75, 3.05) is 13.1 Å². The Morgan fingerprint density at radius 3 is 2.19 bits per heavy atom. The van der Waals surface area contributed by atoms with Crippen LogP contribution in [0.4, 0.5) is 13.2 Å². The van der Waals surface area contributed by atoms with E-state index in [0.29, 0.717) is 63.6 Å². The highest BCUT2D eigenvalue weighted by Crippen LogP contribution is 2.29. The number of nitrogens with zero attached hydrogens (tertiary/aromatic N) is 1. The number of alkyl halides is 3. The number of hydrogen-bond donors (Lipinski definition) is 2. The summed E-state index contributed by atoms with van der Waals surface area (Å²) in [4.78, 5) is 13.7. The number of allylic oxidation sites excluding steroid dienone is 2. The number of aliphatic hydroxyl groups is 2. The van der Waals surface area contributed by atoms with Gasteiger partial charge in [-0.3, -0.25) is 4.79 Å². The van der Waals surface area contributed by atoms with Gasteiger partial charge in [0.2, 0.25) is 5.91 Å². The molecular weight excluding hydrogens is 419 g/mol. The second-order valence-corrected chi connectivity index (χ2v) is 7.76. The molecule has 0 aromatic heterocycles. The molecule has 0 heterocycles. The van der Waals surface area contributed by atoms with Crippen molar-refractivity contribution in [2.45, 2.75) is 77.2 Å². The number of unbranched alkanes of at least 4 members (excludes halogenated alkanes) is 1. The highest BCUT2D eigenvalue weighted by molar-refractivity contribution is 5.76. The summed E-state index contributed by atoms with van der Waals surface area (Å²) in [6.07, 6.45) is 5.12. The summed E-state index contributed by atoms with van der Waals surface area (Å²) in [6.45, 7) is 5.20. The van der Waals surface area contributed by atoms with E-state index in [4.69, 9.17) is 0 Å². The van der Waals surface area contributed by atoms with Crippen molar-refractivity contribution in [3.05, 3.63) is 59.7 Å². The quantitative estimate of drug-likeness (QED) is 0.296. The molecule has 1 aromatic carbocycles. The Morgan fingerprint density at radius 1 is 1.03 bits per heavy atom. The predicted molar refractivity (Wildman–Crippen MR) is 121 cm³/mol. The van der Waals surface area contributed by atoms with Crippen LogP contribution in [-0.4, -0.2) is 46.3 Å². The van der Waals surface area contributed by atoms with Gasteiger partial charge in [-0.25, -0.2) is 0 Å². The third kappa shape index (κ3) is 11.5. The number of rotatable bonds is 14. The lowest BCUT2D eigenvalue weighted by Crippen LogP contribution is -2.30. The Balaban J connectivity index is 2.22. The van der Waals surface area contributed by atoms with Crippen molar-refractivity contribution in [3.8, 4) is 0 Å². The molecule has 0 saturated heterocycles. The molecule has 1 amide bonds. The molecule has 1 rings (SSSR count). The van der Waals surface area contributed by atoms with Crippen LogP contribution >= 0.6 is 0 Å². The standard InChI is InChI=1S/C25H36F3NO3/c1-3-29(4-2)24(32)18-17-23(31)15-8-6-5-7-14-22(30)16-10-12-20-11-9-13-21(19-20)25(26,27)28/h7-9,11,13-15,19,22-23,30-31H,3-6,10,12,16-18H2,1-2H3/b14-7+,15-8+. The maximum Gasteiger partial charge on any atom is 0.416 e. The van der Waals surface area contributed by atoms with Gasteiger partial charge in [0.15, 0.2) is 0 Å². The van der Waals surface area contributed by atoms with E-state index in [1.807, 2.05) is 26.0 Å². The first kappa shape index (κ1) is 27.9. The molecule has 32 heavy (non-hydrogen) atoms. The summed E-state index contributed by atoms with van der Waals surface area (Å²) < 4.78 is 38.2. The smallest absolute Gasteiger partial charge is 0.389 e. The van der Waals surface area contributed by atoms with Crippen LogP contribution in [0.5, 0.6) is 0 Å². The average molecular weight is 456 g/mol. The fourth-order valence-corrected chi connectivity index (χ4v) is 3.32. The lowest BCUT2D eigenvalue weighted by Gasteiger charge is -2.18. The molecule has 0 fully saturated rings. The van der Waals surface area contributed by atoms with Gasteiger partial charge in [-0.05, 0) is 64.0 Å². The number of amides is 1. The first-order chi connectivity index (χ1) is 15.2. The molecule has 0 spiro atoms. The second-order valence-electron chi connectivity index (χ2n) is 7.76. The van der Waals surface area contributed by atoms with Crippen molar-refractivity contribution in [1.29, 1.82) is 0 Å². The van der Waals surface area contributed by atoms with E-state index < -0.39 is 23.9 Å². The predicted octanol–water partition coefficient (Wildman–Crippen LogP) is 5.29. The number of aryl methyl sites for hydroxylation is 1. The number of hydrogen-bond acceptors (Lipinski definition) is 3. The van der Waals surface area contributed by atoms with Crippen LogP contribution in [0.1, 0.15) is 63.5 Å². The zero-order chi connectivity index (χ0) is 24.0. The van der Waals surface area contributed by atoms with Crippen molar-refractivity contribution in [2.24, 2.45) is 0 Å². The molecule has 4 nitrogen and oxygen atoms in total. The van der Waals surface area contributed by atoms with Gasteiger partial charge < -0.3 is 15.1 Å². The van der Waals surface area contributed by atoms with Crippen LogP contribution in [0.3, 0.4) is 0 Å². The summed E-state index contributed by atoms with van der Waals surface area (Å²) in [6, 6.07) is 5.28. The first-order valence-corrected chi connectivity index (χ1v) is 11.3. The zero-order valence-electron chi connectivity index (χ0n) is 19.0. The maximum atomic E-state index is 12.7. The molecule has 0 saturated carbocycles. The minimum atomic E-state index is -4.34. The van der Waals surface area contributed by atoms with E-state index in [0.717, 1.165) is 12.1 Å². The minimum Gasteiger partial charge on any atom is -0.389 e. The molecule has 0 bridgehead atoms. The Kier molecular flexibility index (Phi) is 13.0. The molecule has 2 unspecified atom stereocenters. The summed E-state index contributed by atoms with van der Waals surface area (Å²) >= 11 is 0. The largest absolute Gasteiger partial charge is 0.416 e. The lowest BCUT2D eigenvalue weighted by atomic mass is 10.0. The number of carbonyl (C=O) groups is 1. The van der Waals surface area contributed by atoms with Crippen LogP contribution in [-0.2, 0) is 17.4 Å².